The molecule has 4 aromatic carbocycles. The van der Waals surface area contributed by atoms with Crippen molar-refractivity contribution < 1.29 is 42.4 Å². The van der Waals surface area contributed by atoms with Gasteiger partial charge in [0.25, 0.3) is 5.56 Å². The highest BCUT2D eigenvalue weighted by Crippen LogP contribution is 2.51. The van der Waals surface area contributed by atoms with E-state index in [1.54, 1.807) is 47.8 Å². The van der Waals surface area contributed by atoms with Crippen LogP contribution in [0.25, 0.3) is 12.2 Å². The predicted molar refractivity (Wildman–Crippen MR) is 197 cm³/mol. The quantitative estimate of drug-likeness (QED) is 0.131. The normalized spacial score (nSPS) is 17.9. The van der Waals surface area contributed by atoms with Crippen molar-refractivity contribution in [1.82, 2.24) is 14.9 Å². The molecule has 0 saturated carbocycles. The molecule has 4 atom stereocenters. The molecule has 4 N–H and O–H groups in total. The largest absolute Gasteiger partial charge is 0.496 e. The highest BCUT2D eigenvalue weighted by atomic mass is 19.4. The summed E-state index contributed by atoms with van der Waals surface area (Å²) in [6, 6.07) is 29.8. The summed E-state index contributed by atoms with van der Waals surface area (Å²) in [5.74, 6) is -1.14. The van der Waals surface area contributed by atoms with Crippen molar-refractivity contribution in [2.45, 2.75) is 49.1 Å². The Morgan fingerprint density at radius 3 is 2.07 bits per heavy atom. The fraction of sp³-hybridized carbons (Fsp3) is 0.244. The highest BCUT2D eigenvalue weighted by molar-refractivity contribution is 5.81. The number of aliphatic hydroxyl groups is 2. The van der Waals surface area contributed by atoms with Crippen molar-refractivity contribution in [3.63, 3.8) is 0 Å². The zero-order valence-electron chi connectivity index (χ0n) is 29.7. The van der Waals surface area contributed by atoms with Crippen LogP contribution in [0.1, 0.15) is 46.0 Å². The number of H-pyrrole nitrogens is 1. The molecule has 1 aromatic heterocycles. The molecule has 1 unspecified atom stereocenters. The fourth-order valence-electron chi connectivity index (χ4n) is 7.01. The van der Waals surface area contributed by atoms with E-state index < -0.39 is 53.3 Å². The first-order chi connectivity index (χ1) is 26.4. The molecule has 0 spiro atoms. The van der Waals surface area contributed by atoms with Crippen LogP contribution in [0.15, 0.2) is 119 Å². The van der Waals surface area contributed by atoms with E-state index >= 15 is 0 Å². The zero-order valence-corrected chi connectivity index (χ0v) is 29.7. The summed E-state index contributed by atoms with van der Waals surface area (Å²) in [7, 11) is 3.04. The van der Waals surface area contributed by atoms with Gasteiger partial charge >= 0.3 is 17.8 Å². The van der Waals surface area contributed by atoms with Crippen LogP contribution in [0.5, 0.6) is 11.5 Å². The maximum absolute atomic E-state index is 13.2. The lowest BCUT2D eigenvalue weighted by atomic mass is 9.63. The number of nitrogens with one attached hydrogen (secondary N) is 2. The molecule has 1 saturated heterocycles. The number of para-hydroxylation sites is 2. The van der Waals surface area contributed by atoms with Crippen molar-refractivity contribution in [2.75, 3.05) is 14.2 Å². The summed E-state index contributed by atoms with van der Waals surface area (Å²) < 4.78 is 56.7. The Morgan fingerprint density at radius 1 is 0.909 bits per heavy atom. The molecule has 11 nitrogen and oxygen atoms in total. The molecular formula is C41H38F3N3O8. The molecule has 1 fully saturated rings. The Bertz CT molecular complexity index is 2220. The Morgan fingerprint density at radius 2 is 1.49 bits per heavy atom. The minimum Gasteiger partial charge on any atom is -0.496 e. The first kappa shape index (κ1) is 38.8. The van der Waals surface area contributed by atoms with E-state index in [1.165, 1.54) is 38.6 Å². The molecule has 1 amide bonds. The van der Waals surface area contributed by atoms with Crippen LogP contribution in [-0.2, 0) is 21.5 Å². The second-order valence-electron chi connectivity index (χ2n) is 12.9. The van der Waals surface area contributed by atoms with Gasteiger partial charge in [-0.1, -0.05) is 97.1 Å². The second kappa shape index (κ2) is 16.2. The first-order valence-electron chi connectivity index (χ1n) is 17.2. The number of nitrogens with zero attached hydrogens (tertiary/aromatic N) is 1. The highest BCUT2D eigenvalue weighted by Gasteiger charge is 2.54. The SMILES string of the molecule is COc1ccccc1C(c1ccccc1)(c1ccccc1OC)C(O)[C@H]1O[C@@H](n2cc(/C=C/c3ccc(CNC(=O)C(F)(F)F)cc3)c(=O)[nH]c2=O)C[C@@H]1O. The van der Waals surface area contributed by atoms with Crippen LogP contribution in [0.3, 0.4) is 0 Å². The number of aromatic nitrogens is 2. The molecule has 6 rings (SSSR count). The number of benzene rings is 4. The van der Waals surface area contributed by atoms with Crippen LogP contribution < -0.4 is 26.0 Å². The van der Waals surface area contributed by atoms with Crippen molar-refractivity contribution in [2.24, 2.45) is 0 Å². The van der Waals surface area contributed by atoms with E-state index in [9.17, 15) is 37.8 Å². The number of carbonyl (C=O) groups is 1. The van der Waals surface area contributed by atoms with E-state index in [1.807, 2.05) is 54.6 Å². The number of aliphatic hydroxyl groups excluding tert-OH is 2. The third-order valence-corrected chi connectivity index (χ3v) is 9.64. The Hall–Kier alpha value is -5.96. The van der Waals surface area contributed by atoms with Crippen molar-refractivity contribution >= 4 is 18.1 Å². The van der Waals surface area contributed by atoms with Crippen LogP contribution >= 0.6 is 0 Å². The van der Waals surface area contributed by atoms with Gasteiger partial charge in [-0.05, 0) is 34.9 Å². The number of alkyl halides is 3. The molecule has 0 radical (unpaired) electrons. The Labute approximate surface area is 313 Å². The summed E-state index contributed by atoms with van der Waals surface area (Å²) >= 11 is 0. The number of hydrogen-bond acceptors (Lipinski definition) is 8. The van der Waals surface area contributed by atoms with E-state index in [0.717, 1.165) is 4.57 Å². The summed E-state index contributed by atoms with van der Waals surface area (Å²) in [4.78, 5) is 39.5. The Balaban J connectivity index is 1.34. The summed E-state index contributed by atoms with van der Waals surface area (Å²) in [6.45, 7) is -0.333. The van der Waals surface area contributed by atoms with Gasteiger partial charge in [0.1, 0.15) is 29.9 Å². The number of carbonyl (C=O) groups excluding carboxylic acids is 1. The van der Waals surface area contributed by atoms with Crippen molar-refractivity contribution in [1.29, 1.82) is 0 Å². The van der Waals surface area contributed by atoms with E-state index in [4.69, 9.17) is 14.2 Å². The molecule has 1 aliphatic rings. The molecule has 0 aliphatic carbocycles. The number of amides is 1. The molecule has 55 heavy (non-hydrogen) atoms. The molecular weight excluding hydrogens is 719 g/mol. The van der Waals surface area contributed by atoms with E-state index in [-0.39, 0.29) is 18.5 Å². The van der Waals surface area contributed by atoms with Gasteiger partial charge in [-0.3, -0.25) is 19.1 Å². The van der Waals surface area contributed by atoms with Crippen LogP contribution in [-0.4, -0.2) is 64.4 Å². The average molecular weight is 758 g/mol. The van der Waals surface area contributed by atoms with Crippen LogP contribution in [0, 0.1) is 0 Å². The topological polar surface area (TPSA) is 152 Å². The lowest BCUT2D eigenvalue weighted by molar-refractivity contribution is -0.173. The van der Waals surface area contributed by atoms with Gasteiger partial charge in [-0.15, -0.1) is 0 Å². The number of methoxy groups -OCH3 is 2. The van der Waals surface area contributed by atoms with Crippen molar-refractivity contribution in [3.05, 3.63) is 164 Å². The molecule has 1 aliphatic heterocycles. The lowest BCUT2D eigenvalue weighted by Gasteiger charge is -2.43. The second-order valence-corrected chi connectivity index (χ2v) is 12.9. The molecule has 14 heteroatoms. The van der Waals surface area contributed by atoms with Gasteiger partial charge in [0.05, 0.1) is 31.3 Å². The van der Waals surface area contributed by atoms with Crippen molar-refractivity contribution in [3.8, 4) is 11.5 Å². The molecule has 0 bridgehead atoms. The third-order valence-electron chi connectivity index (χ3n) is 9.64. The van der Waals surface area contributed by atoms with Gasteiger partial charge < -0.3 is 29.7 Å². The van der Waals surface area contributed by atoms with E-state index in [0.29, 0.717) is 39.3 Å². The summed E-state index contributed by atoms with van der Waals surface area (Å²) in [5, 5.41) is 26.2. The zero-order chi connectivity index (χ0) is 39.3. The van der Waals surface area contributed by atoms with Gasteiger partial charge in [0, 0.05) is 30.3 Å². The number of halogens is 3. The maximum atomic E-state index is 13.2. The van der Waals surface area contributed by atoms with Gasteiger partial charge in [-0.2, -0.15) is 13.2 Å². The number of ether oxygens (including phenoxy) is 3. The fourth-order valence-corrected chi connectivity index (χ4v) is 7.01. The monoisotopic (exact) mass is 757 g/mol. The lowest BCUT2D eigenvalue weighted by Crippen LogP contribution is -2.51. The van der Waals surface area contributed by atoms with E-state index in [2.05, 4.69) is 4.98 Å². The smallest absolute Gasteiger partial charge is 0.471 e. The minimum absolute atomic E-state index is 0.0601. The number of aromatic amines is 1. The molecule has 2 heterocycles. The maximum Gasteiger partial charge on any atom is 0.471 e. The molecule has 5 aromatic rings. The van der Waals surface area contributed by atoms with Gasteiger partial charge in [-0.25, -0.2) is 4.79 Å². The number of rotatable bonds is 12. The van der Waals surface area contributed by atoms with Gasteiger partial charge in [0.2, 0.25) is 0 Å². The first-order valence-corrected chi connectivity index (χ1v) is 17.2. The van der Waals surface area contributed by atoms with Gasteiger partial charge in [0.15, 0.2) is 0 Å². The summed E-state index contributed by atoms with van der Waals surface area (Å²) in [5.41, 5.74) is -0.136. The van der Waals surface area contributed by atoms with Crippen LogP contribution in [0.2, 0.25) is 0 Å². The standard InChI is InChI=1S/C41H38F3N3O8/c1-53-32-14-8-6-12-29(32)40(28-10-4-3-5-11-28,30-13-7-9-15-33(30)54-2)36(49)35-31(48)22-34(55-35)47-24-27(37(50)46-39(47)52)21-20-25-16-18-26(19-17-25)23-45-38(51)41(42,43)44/h3-21,24,31,34-36,48-49H,22-23H2,1-2H3,(H,45,51)(H,46,50,52)/b21-20+/t31-,34+,35-,36?/m0/s1. The third kappa shape index (κ3) is 7.83. The Kier molecular flexibility index (Phi) is 11.4. The minimum atomic E-state index is -4.99. The summed E-state index contributed by atoms with van der Waals surface area (Å²) in [6.07, 6.45) is -6.01. The van der Waals surface area contributed by atoms with Crippen LogP contribution in [0.4, 0.5) is 13.2 Å². The average Bonchev–Trinajstić information content (AvgIpc) is 3.58. The predicted octanol–water partition coefficient (Wildman–Crippen LogP) is 4.95. The number of hydrogen-bond donors (Lipinski definition) is 4. The molecule has 286 valence electrons.